The van der Waals surface area contributed by atoms with Gasteiger partial charge >= 0.3 is 7.12 Å². The van der Waals surface area contributed by atoms with Crippen molar-refractivity contribution in [2.75, 3.05) is 13.2 Å². The lowest BCUT2D eigenvalue weighted by molar-refractivity contribution is 0.000728. The molecule has 0 aliphatic carbocycles. The molecule has 2 aliphatic heterocycles. The first kappa shape index (κ1) is 13.6. The highest BCUT2D eigenvalue weighted by molar-refractivity contribution is 6.60. The minimum Gasteiger partial charge on any atom is -0.399 e. The lowest BCUT2D eigenvalue weighted by Gasteiger charge is -2.32. The molecular formula is C12H21BN2O3. The summed E-state index contributed by atoms with van der Waals surface area (Å²) in [5.74, 6) is 0. The lowest BCUT2D eigenvalue weighted by Crippen LogP contribution is -2.44. The average molecular weight is 252 g/mol. The second-order valence-electron chi connectivity index (χ2n) is 5.78. The molecule has 18 heavy (non-hydrogen) atoms. The maximum Gasteiger partial charge on any atom is 0.497 e. The van der Waals surface area contributed by atoms with Crippen LogP contribution < -0.4 is 5.32 Å². The zero-order valence-corrected chi connectivity index (χ0v) is 11.4. The minimum atomic E-state index is -0.485. The summed E-state index contributed by atoms with van der Waals surface area (Å²) < 4.78 is 16.9. The van der Waals surface area contributed by atoms with Gasteiger partial charge < -0.3 is 24.8 Å². The first-order valence-electron chi connectivity index (χ1n) is 6.26. The van der Waals surface area contributed by atoms with Crippen molar-refractivity contribution < 1.29 is 14.0 Å². The van der Waals surface area contributed by atoms with E-state index in [2.05, 4.69) is 5.32 Å². The van der Waals surface area contributed by atoms with E-state index in [4.69, 9.17) is 19.5 Å². The molecule has 0 aromatic heterocycles. The molecule has 2 fully saturated rings. The highest BCUT2D eigenvalue weighted by Gasteiger charge is 2.52. The number of nitrogens with one attached hydrogen (secondary N) is 2. The quantitative estimate of drug-likeness (QED) is 0.581. The zero-order chi connectivity index (χ0) is 13.4. The summed E-state index contributed by atoms with van der Waals surface area (Å²) >= 11 is 0. The fraction of sp³-hybridized carbons (Fsp3) is 0.750. The third-order valence-corrected chi connectivity index (χ3v) is 3.82. The predicted octanol–water partition coefficient (Wildman–Crippen LogP) is 1.14. The van der Waals surface area contributed by atoms with Gasteiger partial charge in [0.1, 0.15) is 0 Å². The molecule has 2 rings (SSSR count). The van der Waals surface area contributed by atoms with Crippen molar-refractivity contribution >= 4 is 13.3 Å². The van der Waals surface area contributed by atoms with Crippen LogP contribution in [0.4, 0.5) is 0 Å². The Balaban J connectivity index is 2.03. The molecule has 0 aromatic rings. The molecule has 2 N–H and O–H groups in total. The van der Waals surface area contributed by atoms with Gasteiger partial charge in [-0.3, -0.25) is 0 Å². The van der Waals surface area contributed by atoms with Gasteiger partial charge in [-0.1, -0.05) is 0 Å². The molecule has 0 saturated carbocycles. The smallest absolute Gasteiger partial charge is 0.399 e. The molecule has 2 heterocycles. The Hall–Kier alpha value is -0.845. The largest absolute Gasteiger partial charge is 0.497 e. The van der Waals surface area contributed by atoms with Gasteiger partial charge in [-0.25, -0.2) is 0 Å². The molecule has 0 atom stereocenters. The molecule has 6 heteroatoms. The van der Waals surface area contributed by atoms with Crippen LogP contribution in [0.5, 0.6) is 0 Å². The third kappa shape index (κ3) is 2.46. The van der Waals surface area contributed by atoms with E-state index in [1.807, 2.05) is 27.7 Å². The molecule has 2 saturated heterocycles. The Morgan fingerprint density at radius 1 is 1.22 bits per heavy atom. The maximum atomic E-state index is 7.48. The van der Waals surface area contributed by atoms with Crippen molar-refractivity contribution in [1.29, 1.82) is 5.41 Å². The van der Waals surface area contributed by atoms with Gasteiger partial charge in [0.2, 0.25) is 0 Å². The molecule has 0 unspecified atom stereocenters. The predicted molar refractivity (Wildman–Crippen MR) is 70.7 cm³/mol. The fourth-order valence-corrected chi connectivity index (χ4v) is 1.70. The van der Waals surface area contributed by atoms with E-state index in [1.54, 1.807) is 6.20 Å². The number of hydrogen-bond acceptors (Lipinski definition) is 5. The number of allylic oxidation sites excluding steroid dienone is 1. The lowest BCUT2D eigenvalue weighted by atomic mass is 9.79. The van der Waals surface area contributed by atoms with Crippen molar-refractivity contribution in [2.24, 2.45) is 0 Å². The van der Waals surface area contributed by atoms with Crippen LogP contribution in [0, 0.1) is 5.41 Å². The van der Waals surface area contributed by atoms with Gasteiger partial charge in [-0.15, -0.1) is 0 Å². The summed E-state index contributed by atoms with van der Waals surface area (Å²) in [5.41, 5.74) is -0.0563. The normalized spacial score (nSPS) is 26.9. The van der Waals surface area contributed by atoms with E-state index in [9.17, 15) is 0 Å². The first-order valence-corrected chi connectivity index (χ1v) is 6.26. The summed E-state index contributed by atoms with van der Waals surface area (Å²) in [7, 11) is -0.485. The SMILES string of the molecule is CC1(C)OB(/C(C=N)=C/NC2COC2)OC1(C)C. The van der Waals surface area contributed by atoms with Gasteiger partial charge in [0, 0.05) is 11.7 Å². The Morgan fingerprint density at radius 2 is 1.78 bits per heavy atom. The highest BCUT2D eigenvalue weighted by Crippen LogP contribution is 2.38. The van der Waals surface area contributed by atoms with E-state index in [-0.39, 0.29) is 11.2 Å². The Kier molecular flexibility index (Phi) is 3.53. The monoisotopic (exact) mass is 252 g/mol. The van der Waals surface area contributed by atoms with Crippen LogP contribution in [-0.4, -0.2) is 43.8 Å². The van der Waals surface area contributed by atoms with Gasteiger partial charge in [-0.05, 0) is 33.9 Å². The van der Waals surface area contributed by atoms with Crippen LogP contribution >= 0.6 is 0 Å². The van der Waals surface area contributed by atoms with Gasteiger partial charge in [0.05, 0.1) is 30.5 Å². The molecular weight excluding hydrogens is 231 g/mol. The minimum absolute atomic E-state index is 0.336. The molecule has 2 aliphatic rings. The molecule has 0 amide bonds. The molecule has 5 nitrogen and oxygen atoms in total. The van der Waals surface area contributed by atoms with Crippen LogP contribution in [0.3, 0.4) is 0 Å². The highest BCUT2D eigenvalue weighted by atomic mass is 16.7. The van der Waals surface area contributed by atoms with E-state index in [0.717, 1.165) is 0 Å². The van der Waals surface area contributed by atoms with Crippen molar-refractivity contribution in [3.63, 3.8) is 0 Å². The third-order valence-electron chi connectivity index (χ3n) is 3.82. The zero-order valence-electron chi connectivity index (χ0n) is 11.4. The van der Waals surface area contributed by atoms with Crippen LogP contribution in [0.15, 0.2) is 11.7 Å². The van der Waals surface area contributed by atoms with Crippen molar-refractivity contribution in [2.45, 2.75) is 44.9 Å². The van der Waals surface area contributed by atoms with E-state index in [1.165, 1.54) is 6.21 Å². The molecule has 0 spiro atoms. The summed E-state index contributed by atoms with van der Waals surface area (Å²) in [6.45, 7) is 9.43. The molecule has 100 valence electrons. The van der Waals surface area contributed by atoms with Gasteiger partial charge in [-0.2, -0.15) is 0 Å². The molecule has 0 radical (unpaired) electrons. The van der Waals surface area contributed by atoms with Crippen LogP contribution in [-0.2, 0) is 14.0 Å². The number of hydrogen-bond donors (Lipinski definition) is 2. The summed E-state index contributed by atoms with van der Waals surface area (Å²) in [6, 6.07) is 0.336. The van der Waals surface area contributed by atoms with Crippen LogP contribution in [0.1, 0.15) is 27.7 Å². The van der Waals surface area contributed by atoms with Crippen molar-refractivity contribution in [1.82, 2.24) is 5.32 Å². The second-order valence-corrected chi connectivity index (χ2v) is 5.78. The van der Waals surface area contributed by atoms with E-state index >= 15 is 0 Å². The van der Waals surface area contributed by atoms with Crippen LogP contribution in [0.25, 0.3) is 0 Å². The van der Waals surface area contributed by atoms with E-state index in [0.29, 0.717) is 24.7 Å². The molecule has 0 bridgehead atoms. The van der Waals surface area contributed by atoms with E-state index < -0.39 is 7.12 Å². The Labute approximate surface area is 109 Å². The average Bonchev–Trinajstić information content (AvgIpc) is 2.40. The van der Waals surface area contributed by atoms with Gasteiger partial charge in [0.25, 0.3) is 0 Å². The summed E-state index contributed by atoms with van der Waals surface area (Å²) in [5, 5.41) is 10.7. The van der Waals surface area contributed by atoms with Gasteiger partial charge in [0.15, 0.2) is 0 Å². The fourth-order valence-electron chi connectivity index (χ4n) is 1.70. The Morgan fingerprint density at radius 3 is 2.17 bits per heavy atom. The second kappa shape index (κ2) is 4.68. The van der Waals surface area contributed by atoms with Crippen LogP contribution in [0.2, 0.25) is 0 Å². The first-order chi connectivity index (χ1) is 8.36. The number of ether oxygens (including phenoxy) is 1. The summed E-state index contributed by atoms with van der Waals surface area (Å²) in [4.78, 5) is 0. The number of rotatable bonds is 4. The molecule has 0 aromatic carbocycles. The maximum absolute atomic E-state index is 7.48. The topological polar surface area (TPSA) is 63.6 Å². The summed E-state index contributed by atoms with van der Waals surface area (Å²) in [6.07, 6.45) is 3.07. The Bertz CT molecular complexity index is 348. The standard InChI is InChI=1S/C12H21BN2O3/c1-11(2)12(3,4)18-13(17-11)9(5-14)6-15-10-7-16-8-10/h5-6,10,14-15H,7-8H2,1-4H3/b9-6+,14-5?. The van der Waals surface area contributed by atoms with Crippen molar-refractivity contribution in [3.05, 3.63) is 11.7 Å². The van der Waals surface area contributed by atoms with Crippen molar-refractivity contribution in [3.8, 4) is 0 Å².